The van der Waals surface area contributed by atoms with Gasteiger partial charge in [0.25, 0.3) is 0 Å². The molecule has 9 heavy (non-hydrogen) atoms. The number of hydrogen-bond acceptors (Lipinski definition) is 3. The van der Waals surface area contributed by atoms with Crippen LogP contribution in [0.25, 0.3) is 0 Å². The average molecular weight is 166 g/mol. The van der Waals surface area contributed by atoms with Crippen LogP contribution < -0.4 is 0 Å². The summed E-state index contributed by atoms with van der Waals surface area (Å²) in [6.45, 7) is 3.78. The van der Waals surface area contributed by atoms with Gasteiger partial charge in [-0.2, -0.15) is 24.4 Å². The van der Waals surface area contributed by atoms with Gasteiger partial charge in [-0.05, 0) is 6.26 Å². The fraction of sp³-hybridized carbons (Fsp3) is 1.00. The van der Waals surface area contributed by atoms with Crippen LogP contribution in [0.3, 0.4) is 0 Å². The Bertz CT molecular complexity index is 59.0. The molecule has 56 valence electrons. The highest BCUT2D eigenvalue weighted by Crippen LogP contribution is 2.04. The molecule has 3 heteroatoms. The smallest absolute Gasteiger partial charge is 0.0582 e. The Morgan fingerprint density at radius 1 is 1.67 bits per heavy atom. The predicted molar refractivity (Wildman–Crippen MR) is 47.6 cm³/mol. The number of rotatable bonds is 5. The molecule has 1 atom stereocenters. The molecule has 0 aliphatic carbocycles. The predicted octanol–water partition coefficient (Wildman–Crippen LogP) is 1.68. The van der Waals surface area contributed by atoms with E-state index in [1.165, 1.54) is 0 Å². The lowest BCUT2D eigenvalue weighted by molar-refractivity contribution is 0.154. The van der Waals surface area contributed by atoms with Crippen molar-refractivity contribution in [3.8, 4) is 0 Å². The van der Waals surface area contributed by atoms with Crippen molar-refractivity contribution in [3.63, 3.8) is 0 Å². The molecule has 1 nitrogen and oxygen atoms in total. The molecule has 0 bridgehead atoms. The van der Waals surface area contributed by atoms with Crippen LogP contribution >= 0.6 is 24.4 Å². The average Bonchev–Trinajstić information content (AvgIpc) is 1.89. The van der Waals surface area contributed by atoms with E-state index in [9.17, 15) is 0 Å². The maximum atomic E-state index is 5.24. The van der Waals surface area contributed by atoms with Gasteiger partial charge in [-0.15, -0.1) is 0 Å². The van der Waals surface area contributed by atoms with E-state index >= 15 is 0 Å². The van der Waals surface area contributed by atoms with Gasteiger partial charge in [-0.25, -0.2) is 0 Å². The summed E-state index contributed by atoms with van der Waals surface area (Å²) in [5, 5.41) is 0.616. The molecule has 0 heterocycles. The fourth-order valence-corrected chi connectivity index (χ4v) is 0.743. The van der Waals surface area contributed by atoms with E-state index in [0.717, 1.165) is 19.0 Å². The normalized spacial score (nSPS) is 13.7. The number of ether oxygens (including phenoxy) is 1. The summed E-state index contributed by atoms with van der Waals surface area (Å²) in [5.74, 6) is 0.821. The van der Waals surface area contributed by atoms with Crippen LogP contribution in [0.2, 0.25) is 0 Å². The lowest BCUT2D eigenvalue weighted by Crippen LogP contribution is -2.08. The second kappa shape index (κ2) is 6.78. The Kier molecular flexibility index (Phi) is 7.27. The zero-order chi connectivity index (χ0) is 7.11. The molecule has 0 radical (unpaired) electrons. The van der Waals surface area contributed by atoms with Crippen molar-refractivity contribution in [2.45, 2.75) is 12.2 Å². The van der Waals surface area contributed by atoms with Gasteiger partial charge in [0.15, 0.2) is 0 Å². The largest absolute Gasteiger partial charge is 0.379 e. The minimum Gasteiger partial charge on any atom is -0.379 e. The van der Waals surface area contributed by atoms with Crippen LogP contribution in [-0.4, -0.2) is 30.5 Å². The number of hydrogen-bond donors (Lipinski definition) is 1. The van der Waals surface area contributed by atoms with Gasteiger partial charge in [0.1, 0.15) is 0 Å². The minimum atomic E-state index is 0.616. The molecule has 0 amide bonds. The van der Waals surface area contributed by atoms with Crippen LogP contribution in [-0.2, 0) is 4.74 Å². The number of thioether (sulfide) groups is 1. The van der Waals surface area contributed by atoms with E-state index in [1.54, 1.807) is 0 Å². The Balaban J connectivity index is 2.88. The van der Waals surface area contributed by atoms with Crippen molar-refractivity contribution >= 4 is 24.4 Å². The first-order valence-electron chi connectivity index (χ1n) is 3.02. The molecule has 0 aromatic heterocycles. The van der Waals surface area contributed by atoms with Crippen LogP contribution in [0.15, 0.2) is 0 Å². The fourth-order valence-electron chi connectivity index (χ4n) is 0.382. The molecule has 0 aromatic rings. The molecular weight excluding hydrogens is 152 g/mol. The van der Waals surface area contributed by atoms with Gasteiger partial charge in [0, 0.05) is 11.0 Å². The monoisotopic (exact) mass is 166 g/mol. The van der Waals surface area contributed by atoms with E-state index < -0.39 is 0 Å². The molecule has 0 aliphatic heterocycles. The summed E-state index contributed by atoms with van der Waals surface area (Å²) >= 11 is 5.85. The summed E-state index contributed by atoms with van der Waals surface area (Å²) in [6, 6.07) is 0. The lowest BCUT2D eigenvalue weighted by atomic mass is 10.5. The summed E-state index contributed by atoms with van der Waals surface area (Å²) in [7, 11) is 0. The first kappa shape index (κ1) is 9.66. The van der Waals surface area contributed by atoms with Crippen molar-refractivity contribution in [2.24, 2.45) is 0 Å². The summed E-state index contributed by atoms with van der Waals surface area (Å²) in [4.78, 5) is 0. The van der Waals surface area contributed by atoms with Gasteiger partial charge >= 0.3 is 0 Å². The molecule has 0 rings (SSSR count). The van der Waals surface area contributed by atoms with Crippen molar-refractivity contribution in [1.29, 1.82) is 0 Å². The van der Waals surface area contributed by atoms with Crippen LogP contribution in [0, 0.1) is 0 Å². The van der Waals surface area contributed by atoms with Crippen molar-refractivity contribution < 1.29 is 4.74 Å². The molecule has 0 aromatic carbocycles. The Morgan fingerprint density at radius 2 is 2.33 bits per heavy atom. The highest BCUT2D eigenvalue weighted by molar-refractivity contribution is 7.99. The van der Waals surface area contributed by atoms with Gasteiger partial charge in [-0.3, -0.25) is 0 Å². The Labute approximate surface area is 67.0 Å². The van der Waals surface area contributed by atoms with Crippen molar-refractivity contribution in [3.05, 3.63) is 0 Å². The molecular formula is C6H14OS2. The highest BCUT2D eigenvalue weighted by Gasteiger charge is 1.96. The van der Waals surface area contributed by atoms with Gasteiger partial charge < -0.3 is 4.74 Å². The molecule has 0 N–H and O–H groups in total. The maximum Gasteiger partial charge on any atom is 0.0582 e. The highest BCUT2D eigenvalue weighted by atomic mass is 32.2. The quantitative estimate of drug-likeness (QED) is 0.491. The molecule has 0 saturated carbocycles. The molecule has 0 fully saturated rings. The Morgan fingerprint density at radius 3 is 2.78 bits per heavy atom. The maximum absolute atomic E-state index is 5.24. The van der Waals surface area contributed by atoms with E-state index in [4.69, 9.17) is 4.74 Å². The molecule has 1 unspecified atom stereocenters. The van der Waals surface area contributed by atoms with Crippen LogP contribution in [0.4, 0.5) is 0 Å². The topological polar surface area (TPSA) is 9.23 Å². The SMILES string of the molecule is CSC(C)COCCS. The summed E-state index contributed by atoms with van der Waals surface area (Å²) in [6.07, 6.45) is 2.09. The van der Waals surface area contributed by atoms with Gasteiger partial charge in [0.05, 0.1) is 13.2 Å². The molecule has 0 saturated heterocycles. The summed E-state index contributed by atoms with van der Waals surface area (Å²) < 4.78 is 5.24. The van der Waals surface area contributed by atoms with Gasteiger partial charge in [0.2, 0.25) is 0 Å². The van der Waals surface area contributed by atoms with E-state index in [1.807, 2.05) is 11.8 Å². The van der Waals surface area contributed by atoms with E-state index in [-0.39, 0.29) is 0 Å². The third kappa shape index (κ3) is 6.55. The number of thiol groups is 1. The zero-order valence-corrected chi connectivity index (χ0v) is 7.67. The lowest BCUT2D eigenvalue weighted by Gasteiger charge is -2.06. The summed E-state index contributed by atoms with van der Waals surface area (Å²) in [5.41, 5.74) is 0. The van der Waals surface area contributed by atoms with Crippen molar-refractivity contribution in [2.75, 3.05) is 25.2 Å². The third-order valence-corrected chi connectivity index (χ3v) is 2.11. The van der Waals surface area contributed by atoms with E-state index in [0.29, 0.717) is 5.25 Å². The third-order valence-electron chi connectivity index (χ3n) is 0.991. The molecule has 0 aliphatic rings. The van der Waals surface area contributed by atoms with Crippen molar-refractivity contribution in [1.82, 2.24) is 0 Å². The first-order valence-corrected chi connectivity index (χ1v) is 4.94. The van der Waals surface area contributed by atoms with Gasteiger partial charge in [-0.1, -0.05) is 6.92 Å². The van der Waals surface area contributed by atoms with Crippen LogP contribution in [0.5, 0.6) is 0 Å². The standard InChI is InChI=1S/C6H14OS2/c1-6(9-2)5-7-3-4-8/h6,8H,3-5H2,1-2H3. The molecule has 0 spiro atoms. The Hall–Kier alpha value is 0.660. The second-order valence-electron chi connectivity index (χ2n) is 1.84. The van der Waals surface area contributed by atoms with E-state index in [2.05, 4.69) is 25.8 Å². The zero-order valence-electron chi connectivity index (χ0n) is 5.96. The first-order chi connectivity index (χ1) is 4.31. The van der Waals surface area contributed by atoms with Crippen LogP contribution in [0.1, 0.15) is 6.92 Å². The minimum absolute atomic E-state index is 0.616. The second-order valence-corrected chi connectivity index (χ2v) is 3.57.